The number of rotatable bonds is 5. The second-order valence-electron chi connectivity index (χ2n) is 3.83. The van der Waals surface area contributed by atoms with Crippen LogP contribution < -0.4 is 5.73 Å². The Morgan fingerprint density at radius 1 is 1.46 bits per heavy atom. The van der Waals surface area contributed by atoms with Gasteiger partial charge in [0.2, 0.25) is 0 Å². The summed E-state index contributed by atoms with van der Waals surface area (Å²) in [5.41, 5.74) is 5.17. The highest BCUT2D eigenvalue weighted by Gasteiger charge is 2.33. The molecule has 0 aromatic rings. The number of carbonyl (C=O) groups is 1. The predicted molar refractivity (Wildman–Crippen MR) is 53.3 cm³/mol. The van der Waals surface area contributed by atoms with E-state index in [1.165, 1.54) is 0 Å². The second-order valence-corrected chi connectivity index (χ2v) is 3.83. The smallest absolute Gasteiger partial charge is 0.326 e. The van der Waals surface area contributed by atoms with Crippen LogP contribution in [0.3, 0.4) is 0 Å². The fraction of sp³-hybridized carbons (Fsp3) is 0.900. The van der Waals surface area contributed by atoms with Crippen LogP contribution in [0.4, 0.5) is 0 Å². The lowest BCUT2D eigenvalue weighted by atomic mass is 9.87. The third kappa shape index (κ3) is 3.77. The first-order valence-electron chi connectivity index (χ1n) is 4.92. The van der Waals surface area contributed by atoms with Gasteiger partial charge >= 0.3 is 5.97 Å². The summed E-state index contributed by atoms with van der Waals surface area (Å²) in [6, 6.07) is 0. The Morgan fingerprint density at radius 2 is 2.00 bits per heavy atom. The summed E-state index contributed by atoms with van der Waals surface area (Å²) in [5, 5.41) is 0. The van der Waals surface area contributed by atoms with E-state index in [1.54, 1.807) is 6.92 Å². The van der Waals surface area contributed by atoms with Gasteiger partial charge in [0, 0.05) is 0 Å². The third-order valence-electron chi connectivity index (χ3n) is 2.09. The molecular formula is C10H21NO2. The highest BCUT2D eigenvalue weighted by molar-refractivity contribution is 5.80. The zero-order valence-electron chi connectivity index (χ0n) is 9.09. The molecule has 0 amide bonds. The first kappa shape index (κ1) is 12.4. The topological polar surface area (TPSA) is 52.3 Å². The molecule has 1 unspecified atom stereocenters. The molecule has 0 saturated carbocycles. The van der Waals surface area contributed by atoms with Crippen LogP contribution in [0.1, 0.15) is 40.5 Å². The van der Waals surface area contributed by atoms with Crippen LogP contribution in [0, 0.1) is 5.92 Å². The fourth-order valence-electron chi connectivity index (χ4n) is 1.38. The molecule has 2 N–H and O–H groups in total. The molecule has 3 heteroatoms. The van der Waals surface area contributed by atoms with Crippen LogP contribution in [-0.4, -0.2) is 18.1 Å². The van der Waals surface area contributed by atoms with Crippen molar-refractivity contribution in [1.82, 2.24) is 0 Å². The molecular weight excluding hydrogens is 166 g/mol. The summed E-state index contributed by atoms with van der Waals surface area (Å²) in [6.45, 7) is 8.21. The van der Waals surface area contributed by atoms with E-state index >= 15 is 0 Å². The molecule has 13 heavy (non-hydrogen) atoms. The van der Waals surface area contributed by atoms with Gasteiger partial charge in [-0.05, 0) is 25.7 Å². The molecule has 0 saturated heterocycles. The molecule has 3 nitrogen and oxygen atoms in total. The number of hydrogen-bond donors (Lipinski definition) is 1. The van der Waals surface area contributed by atoms with Gasteiger partial charge in [-0.2, -0.15) is 0 Å². The van der Waals surface area contributed by atoms with Crippen molar-refractivity contribution in [1.29, 1.82) is 0 Å². The summed E-state index contributed by atoms with van der Waals surface area (Å²) in [6.07, 6.45) is 1.31. The molecule has 0 spiro atoms. The van der Waals surface area contributed by atoms with E-state index in [2.05, 4.69) is 13.8 Å². The minimum Gasteiger partial charge on any atom is -0.465 e. The minimum atomic E-state index is -0.788. The third-order valence-corrected chi connectivity index (χ3v) is 2.09. The van der Waals surface area contributed by atoms with E-state index in [4.69, 9.17) is 10.5 Å². The van der Waals surface area contributed by atoms with Gasteiger partial charge < -0.3 is 10.5 Å². The van der Waals surface area contributed by atoms with Gasteiger partial charge in [0.1, 0.15) is 5.54 Å². The van der Waals surface area contributed by atoms with Gasteiger partial charge in [0.05, 0.1) is 6.61 Å². The van der Waals surface area contributed by atoms with Crippen molar-refractivity contribution in [3.05, 3.63) is 0 Å². The van der Waals surface area contributed by atoms with Gasteiger partial charge in [-0.15, -0.1) is 0 Å². The van der Waals surface area contributed by atoms with Crippen molar-refractivity contribution >= 4 is 5.97 Å². The fourth-order valence-corrected chi connectivity index (χ4v) is 1.38. The Kier molecular flexibility index (Phi) is 4.99. The highest BCUT2D eigenvalue weighted by atomic mass is 16.5. The average molecular weight is 187 g/mol. The van der Waals surface area contributed by atoms with Crippen LogP contribution in [-0.2, 0) is 9.53 Å². The van der Waals surface area contributed by atoms with Crippen molar-refractivity contribution in [2.24, 2.45) is 11.7 Å². The molecule has 0 radical (unpaired) electrons. The lowest BCUT2D eigenvalue weighted by molar-refractivity contribution is -0.150. The maximum atomic E-state index is 11.5. The van der Waals surface area contributed by atoms with Gasteiger partial charge in [-0.1, -0.05) is 20.8 Å². The van der Waals surface area contributed by atoms with Gasteiger partial charge in [0.15, 0.2) is 0 Å². The summed E-state index contributed by atoms with van der Waals surface area (Å²) in [5.74, 6) is 0.139. The van der Waals surface area contributed by atoms with Crippen molar-refractivity contribution in [3.63, 3.8) is 0 Å². The Morgan fingerprint density at radius 3 is 2.31 bits per heavy atom. The molecule has 0 bridgehead atoms. The molecule has 0 aromatic carbocycles. The van der Waals surface area contributed by atoms with Crippen molar-refractivity contribution < 1.29 is 9.53 Å². The van der Waals surface area contributed by atoms with Crippen LogP contribution in [0.15, 0.2) is 0 Å². The summed E-state index contributed by atoms with van der Waals surface area (Å²) >= 11 is 0. The summed E-state index contributed by atoms with van der Waals surface area (Å²) < 4.78 is 4.93. The zero-order valence-corrected chi connectivity index (χ0v) is 9.09. The summed E-state index contributed by atoms with van der Waals surface area (Å²) in [4.78, 5) is 11.5. The van der Waals surface area contributed by atoms with Gasteiger partial charge in [-0.3, -0.25) is 4.79 Å². The van der Waals surface area contributed by atoms with Crippen molar-refractivity contribution in [2.75, 3.05) is 6.61 Å². The largest absolute Gasteiger partial charge is 0.465 e. The second kappa shape index (κ2) is 5.22. The molecule has 0 aliphatic heterocycles. The Hall–Kier alpha value is -0.570. The quantitative estimate of drug-likeness (QED) is 0.666. The Balaban J connectivity index is 4.33. The molecule has 0 aromatic heterocycles. The van der Waals surface area contributed by atoms with Crippen LogP contribution in [0.25, 0.3) is 0 Å². The van der Waals surface area contributed by atoms with Gasteiger partial charge in [0.25, 0.3) is 0 Å². The Labute approximate surface area is 80.6 Å². The lowest BCUT2D eigenvalue weighted by Crippen LogP contribution is -2.49. The van der Waals surface area contributed by atoms with Crippen molar-refractivity contribution in [2.45, 2.75) is 46.1 Å². The summed E-state index contributed by atoms with van der Waals surface area (Å²) in [7, 11) is 0. The van der Waals surface area contributed by atoms with Crippen LogP contribution >= 0.6 is 0 Å². The number of nitrogens with two attached hydrogens (primary N) is 1. The van der Waals surface area contributed by atoms with E-state index in [0.717, 1.165) is 0 Å². The molecule has 0 aliphatic rings. The number of hydrogen-bond acceptors (Lipinski definition) is 3. The molecule has 1 atom stereocenters. The van der Waals surface area contributed by atoms with E-state index in [-0.39, 0.29) is 5.97 Å². The maximum Gasteiger partial charge on any atom is 0.326 e. The maximum absolute atomic E-state index is 11.5. The first-order valence-corrected chi connectivity index (χ1v) is 4.92. The number of ether oxygens (including phenoxy) is 1. The van der Waals surface area contributed by atoms with E-state index in [1.807, 2.05) is 6.92 Å². The van der Waals surface area contributed by atoms with Crippen LogP contribution in [0.5, 0.6) is 0 Å². The molecule has 0 heterocycles. The monoisotopic (exact) mass is 187 g/mol. The lowest BCUT2D eigenvalue weighted by Gasteiger charge is -2.27. The first-order chi connectivity index (χ1) is 5.96. The predicted octanol–water partition coefficient (Wildman–Crippen LogP) is 1.70. The molecule has 0 aliphatic carbocycles. The number of carbonyl (C=O) groups excluding carboxylic acids is 1. The normalized spacial score (nSPS) is 15.5. The van der Waals surface area contributed by atoms with Crippen molar-refractivity contribution in [3.8, 4) is 0 Å². The van der Waals surface area contributed by atoms with Crippen LogP contribution in [0.2, 0.25) is 0 Å². The van der Waals surface area contributed by atoms with E-state index in [0.29, 0.717) is 25.4 Å². The molecule has 78 valence electrons. The van der Waals surface area contributed by atoms with E-state index in [9.17, 15) is 4.79 Å². The SMILES string of the molecule is CCOC(=O)C(N)(CC)CC(C)C. The standard InChI is InChI=1S/C10H21NO2/c1-5-10(11,7-8(3)4)9(12)13-6-2/h8H,5-7,11H2,1-4H3. The Bertz CT molecular complexity index is 168. The molecule has 0 fully saturated rings. The highest BCUT2D eigenvalue weighted by Crippen LogP contribution is 2.19. The zero-order chi connectivity index (χ0) is 10.5. The van der Waals surface area contributed by atoms with Gasteiger partial charge in [-0.25, -0.2) is 0 Å². The minimum absolute atomic E-state index is 0.272. The van der Waals surface area contributed by atoms with E-state index < -0.39 is 5.54 Å². The molecule has 0 rings (SSSR count). The number of esters is 1. The average Bonchev–Trinajstić information content (AvgIpc) is 2.03.